The van der Waals surface area contributed by atoms with Gasteiger partial charge in [0.25, 0.3) is 5.91 Å². The number of carbonyl (C=O) groups is 2. The maximum atomic E-state index is 12.4. The quantitative estimate of drug-likeness (QED) is 0.404. The maximum Gasteiger partial charge on any atom is 0.255 e. The molecule has 0 saturated heterocycles. The molecule has 0 saturated carbocycles. The lowest BCUT2D eigenvalue weighted by molar-refractivity contribution is 0.102. The number of hydrogen-bond donors (Lipinski definition) is 1. The van der Waals surface area contributed by atoms with Gasteiger partial charge in [-0.1, -0.05) is 34.1 Å². The zero-order valence-electron chi connectivity index (χ0n) is 15.2. The molecule has 0 spiro atoms. The summed E-state index contributed by atoms with van der Waals surface area (Å²) in [5.41, 5.74) is 2.55. The minimum absolute atomic E-state index is 0.128. The average molecular weight is 436 g/mol. The Morgan fingerprint density at radius 2 is 1.54 bits per heavy atom. The monoisotopic (exact) mass is 435 g/mol. The van der Waals surface area contributed by atoms with E-state index in [4.69, 9.17) is 4.74 Å². The highest BCUT2D eigenvalue weighted by Crippen LogP contribution is 2.19. The van der Waals surface area contributed by atoms with Gasteiger partial charge in [-0.3, -0.25) is 9.59 Å². The summed E-state index contributed by atoms with van der Waals surface area (Å²) in [4.78, 5) is 24.6. The molecule has 3 aromatic carbocycles. The van der Waals surface area contributed by atoms with Gasteiger partial charge in [0.1, 0.15) is 5.75 Å². The molecular formula is C23H18BrNO3. The summed E-state index contributed by atoms with van der Waals surface area (Å²) in [5.74, 6) is 0.372. The molecule has 0 unspecified atom stereocenters. The van der Waals surface area contributed by atoms with Gasteiger partial charge in [0.15, 0.2) is 5.78 Å². The van der Waals surface area contributed by atoms with Crippen molar-refractivity contribution in [2.75, 3.05) is 12.4 Å². The zero-order chi connectivity index (χ0) is 19.9. The number of anilines is 1. The molecule has 0 aliphatic carbocycles. The summed E-state index contributed by atoms with van der Waals surface area (Å²) in [7, 11) is 1.59. The number of halogens is 1. The van der Waals surface area contributed by atoms with E-state index >= 15 is 0 Å². The van der Waals surface area contributed by atoms with Crippen LogP contribution in [0.1, 0.15) is 26.3 Å². The van der Waals surface area contributed by atoms with E-state index in [1.54, 1.807) is 49.6 Å². The van der Waals surface area contributed by atoms with Gasteiger partial charge in [-0.2, -0.15) is 0 Å². The lowest BCUT2D eigenvalue weighted by Gasteiger charge is -2.06. The van der Waals surface area contributed by atoms with Gasteiger partial charge >= 0.3 is 0 Å². The minimum atomic E-state index is -0.206. The van der Waals surface area contributed by atoms with Crippen molar-refractivity contribution in [3.05, 3.63) is 100 Å². The third-order valence-corrected chi connectivity index (χ3v) is 4.62. The normalized spacial score (nSPS) is 10.6. The molecule has 0 aliphatic heterocycles. The predicted molar refractivity (Wildman–Crippen MR) is 115 cm³/mol. The van der Waals surface area contributed by atoms with E-state index in [9.17, 15) is 9.59 Å². The van der Waals surface area contributed by atoms with Gasteiger partial charge in [-0.15, -0.1) is 0 Å². The highest BCUT2D eigenvalue weighted by Gasteiger charge is 2.07. The van der Waals surface area contributed by atoms with Crippen molar-refractivity contribution in [2.24, 2.45) is 0 Å². The number of amides is 1. The summed E-state index contributed by atoms with van der Waals surface area (Å²) in [5, 5.41) is 2.82. The van der Waals surface area contributed by atoms with Gasteiger partial charge in [0.05, 0.1) is 7.11 Å². The van der Waals surface area contributed by atoms with Crippen LogP contribution in [-0.2, 0) is 0 Å². The summed E-state index contributed by atoms with van der Waals surface area (Å²) in [6.07, 6.45) is 3.23. The SMILES string of the molecule is COc1ccccc1C=CC(=O)c1ccc(NC(=O)c2ccc(Br)cc2)cc1. The first-order chi connectivity index (χ1) is 13.6. The number of methoxy groups -OCH3 is 1. The summed E-state index contributed by atoms with van der Waals surface area (Å²) in [6, 6.07) is 21.4. The van der Waals surface area contributed by atoms with Crippen molar-refractivity contribution in [1.82, 2.24) is 0 Å². The lowest BCUT2D eigenvalue weighted by atomic mass is 10.1. The number of carbonyl (C=O) groups excluding carboxylic acids is 2. The first-order valence-electron chi connectivity index (χ1n) is 8.59. The molecule has 5 heteroatoms. The molecule has 1 N–H and O–H groups in total. The standard InChI is InChI=1S/C23H18BrNO3/c1-28-22-5-3-2-4-17(22)10-15-21(26)16-8-13-20(14-9-16)25-23(27)18-6-11-19(24)12-7-18/h2-15H,1H3,(H,25,27). The Bertz CT molecular complexity index is 1010. The second-order valence-electron chi connectivity index (χ2n) is 5.98. The van der Waals surface area contributed by atoms with Crippen molar-refractivity contribution in [3.8, 4) is 5.75 Å². The van der Waals surface area contributed by atoms with E-state index in [1.807, 2.05) is 36.4 Å². The van der Waals surface area contributed by atoms with E-state index < -0.39 is 0 Å². The van der Waals surface area contributed by atoms with Gasteiger partial charge in [0.2, 0.25) is 0 Å². The molecule has 3 aromatic rings. The molecule has 0 atom stereocenters. The topological polar surface area (TPSA) is 55.4 Å². The van der Waals surface area contributed by atoms with Crippen LogP contribution in [0, 0.1) is 0 Å². The number of hydrogen-bond acceptors (Lipinski definition) is 3. The van der Waals surface area contributed by atoms with E-state index in [0.29, 0.717) is 22.6 Å². The smallest absolute Gasteiger partial charge is 0.255 e. The Kier molecular flexibility index (Phi) is 6.40. The number of rotatable bonds is 6. The number of ketones is 1. The molecule has 0 fully saturated rings. The number of nitrogens with one attached hydrogen (secondary N) is 1. The Balaban J connectivity index is 1.66. The van der Waals surface area contributed by atoms with Gasteiger partial charge in [-0.05, 0) is 66.7 Å². The Hall–Kier alpha value is -3.18. The van der Waals surface area contributed by atoms with Crippen LogP contribution < -0.4 is 10.1 Å². The van der Waals surface area contributed by atoms with Crippen LogP contribution in [0.4, 0.5) is 5.69 Å². The van der Waals surface area contributed by atoms with E-state index in [2.05, 4.69) is 21.2 Å². The van der Waals surface area contributed by atoms with E-state index in [0.717, 1.165) is 10.0 Å². The van der Waals surface area contributed by atoms with Gasteiger partial charge < -0.3 is 10.1 Å². The van der Waals surface area contributed by atoms with Crippen molar-refractivity contribution in [1.29, 1.82) is 0 Å². The fourth-order valence-corrected chi connectivity index (χ4v) is 2.85. The molecule has 0 radical (unpaired) electrons. The van der Waals surface area contributed by atoms with Crippen LogP contribution in [0.15, 0.2) is 83.3 Å². The molecule has 4 nitrogen and oxygen atoms in total. The summed E-state index contributed by atoms with van der Waals surface area (Å²) < 4.78 is 6.18. The van der Waals surface area contributed by atoms with E-state index in [-0.39, 0.29) is 11.7 Å². The highest BCUT2D eigenvalue weighted by molar-refractivity contribution is 9.10. The number of ether oxygens (including phenoxy) is 1. The number of para-hydroxylation sites is 1. The first kappa shape index (κ1) is 19.6. The summed E-state index contributed by atoms with van der Waals surface area (Å²) >= 11 is 3.34. The molecule has 28 heavy (non-hydrogen) atoms. The largest absolute Gasteiger partial charge is 0.496 e. The molecule has 0 aromatic heterocycles. The predicted octanol–water partition coefficient (Wildman–Crippen LogP) is 5.61. The Morgan fingerprint density at radius 3 is 2.21 bits per heavy atom. The Morgan fingerprint density at radius 1 is 0.893 bits per heavy atom. The molecule has 140 valence electrons. The van der Waals surface area contributed by atoms with Crippen LogP contribution >= 0.6 is 15.9 Å². The Labute approximate surface area is 172 Å². The third kappa shape index (κ3) is 4.96. The second-order valence-corrected chi connectivity index (χ2v) is 6.89. The molecule has 1 amide bonds. The number of allylic oxidation sites excluding steroid dienone is 1. The van der Waals surface area contributed by atoms with Crippen LogP contribution in [0.3, 0.4) is 0 Å². The van der Waals surface area contributed by atoms with Gasteiger partial charge in [-0.25, -0.2) is 0 Å². The fraction of sp³-hybridized carbons (Fsp3) is 0.0435. The van der Waals surface area contributed by atoms with Crippen molar-refractivity contribution in [2.45, 2.75) is 0 Å². The lowest BCUT2D eigenvalue weighted by Crippen LogP contribution is -2.11. The minimum Gasteiger partial charge on any atom is -0.496 e. The zero-order valence-corrected chi connectivity index (χ0v) is 16.8. The van der Waals surface area contributed by atoms with Crippen molar-refractivity contribution < 1.29 is 14.3 Å². The summed E-state index contributed by atoms with van der Waals surface area (Å²) in [6.45, 7) is 0. The average Bonchev–Trinajstić information content (AvgIpc) is 2.73. The van der Waals surface area contributed by atoms with Crippen molar-refractivity contribution >= 4 is 39.4 Å². The molecule has 3 rings (SSSR count). The molecular weight excluding hydrogens is 418 g/mol. The maximum absolute atomic E-state index is 12.4. The van der Waals surface area contributed by atoms with Crippen LogP contribution in [0.2, 0.25) is 0 Å². The second kappa shape index (κ2) is 9.15. The number of benzene rings is 3. The van der Waals surface area contributed by atoms with E-state index in [1.165, 1.54) is 6.08 Å². The van der Waals surface area contributed by atoms with Crippen LogP contribution in [-0.4, -0.2) is 18.8 Å². The van der Waals surface area contributed by atoms with Crippen molar-refractivity contribution in [3.63, 3.8) is 0 Å². The molecule has 0 aliphatic rings. The van der Waals surface area contributed by atoms with Gasteiger partial charge in [0, 0.05) is 26.9 Å². The highest BCUT2D eigenvalue weighted by atomic mass is 79.9. The molecule has 0 heterocycles. The molecule has 0 bridgehead atoms. The van der Waals surface area contributed by atoms with Crippen LogP contribution in [0.5, 0.6) is 5.75 Å². The first-order valence-corrected chi connectivity index (χ1v) is 9.38. The third-order valence-electron chi connectivity index (χ3n) is 4.09. The van der Waals surface area contributed by atoms with Crippen LogP contribution in [0.25, 0.3) is 6.08 Å². The fourth-order valence-electron chi connectivity index (χ4n) is 2.59.